The van der Waals surface area contributed by atoms with Crippen LogP contribution in [0.1, 0.15) is 18.4 Å². The SMILES string of the molecule is COCCOCC(=O)N1CCCN(C(=O)C2CC(=O)N(Cc3ccccc3)C2)CC1. The summed E-state index contributed by atoms with van der Waals surface area (Å²) in [7, 11) is 1.59. The number of carbonyl (C=O) groups is 3. The summed E-state index contributed by atoms with van der Waals surface area (Å²) < 4.78 is 10.2. The lowest BCUT2D eigenvalue weighted by atomic mass is 10.1. The Morgan fingerprint density at radius 2 is 1.77 bits per heavy atom. The van der Waals surface area contributed by atoms with Gasteiger partial charge in [0.15, 0.2) is 0 Å². The highest BCUT2D eigenvalue weighted by Crippen LogP contribution is 2.23. The van der Waals surface area contributed by atoms with E-state index in [0.717, 1.165) is 12.0 Å². The molecule has 8 heteroatoms. The van der Waals surface area contributed by atoms with Gasteiger partial charge in [-0.15, -0.1) is 0 Å². The van der Waals surface area contributed by atoms with Crippen molar-refractivity contribution in [1.29, 1.82) is 0 Å². The van der Waals surface area contributed by atoms with Crippen LogP contribution in [0.25, 0.3) is 0 Å². The molecule has 1 atom stereocenters. The number of hydrogen-bond acceptors (Lipinski definition) is 5. The number of rotatable bonds is 8. The van der Waals surface area contributed by atoms with Crippen molar-refractivity contribution in [1.82, 2.24) is 14.7 Å². The molecule has 0 bridgehead atoms. The van der Waals surface area contributed by atoms with Crippen LogP contribution >= 0.6 is 0 Å². The van der Waals surface area contributed by atoms with Gasteiger partial charge in [-0.1, -0.05) is 30.3 Å². The lowest BCUT2D eigenvalue weighted by Gasteiger charge is -2.24. The normalized spacial score (nSPS) is 19.8. The molecule has 2 heterocycles. The molecule has 2 aliphatic rings. The van der Waals surface area contributed by atoms with Crippen LogP contribution in [0.3, 0.4) is 0 Å². The Morgan fingerprint density at radius 3 is 2.53 bits per heavy atom. The quantitative estimate of drug-likeness (QED) is 0.584. The third-order valence-corrected chi connectivity index (χ3v) is 5.60. The third-order valence-electron chi connectivity index (χ3n) is 5.60. The zero-order valence-electron chi connectivity index (χ0n) is 17.6. The lowest BCUT2D eigenvalue weighted by molar-refractivity contribution is -0.138. The first-order valence-corrected chi connectivity index (χ1v) is 10.5. The molecule has 2 aliphatic heterocycles. The van der Waals surface area contributed by atoms with Gasteiger partial charge in [-0.3, -0.25) is 14.4 Å². The molecule has 1 aromatic rings. The highest BCUT2D eigenvalue weighted by molar-refractivity contribution is 5.89. The van der Waals surface area contributed by atoms with Crippen molar-refractivity contribution in [3.63, 3.8) is 0 Å². The zero-order chi connectivity index (χ0) is 21.3. The molecule has 8 nitrogen and oxygen atoms in total. The molecule has 2 fully saturated rings. The monoisotopic (exact) mass is 417 g/mol. The van der Waals surface area contributed by atoms with E-state index in [9.17, 15) is 14.4 Å². The van der Waals surface area contributed by atoms with E-state index < -0.39 is 0 Å². The molecule has 1 aromatic carbocycles. The van der Waals surface area contributed by atoms with E-state index >= 15 is 0 Å². The number of benzene rings is 1. The molecular formula is C22H31N3O5. The molecule has 0 aromatic heterocycles. The predicted molar refractivity (Wildman–Crippen MR) is 110 cm³/mol. The van der Waals surface area contributed by atoms with E-state index in [-0.39, 0.29) is 36.7 Å². The van der Waals surface area contributed by atoms with Gasteiger partial charge < -0.3 is 24.2 Å². The fourth-order valence-electron chi connectivity index (χ4n) is 3.93. The Balaban J connectivity index is 1.47. The van der Waals surface area contributed by atoms with Gasteiger partial charge in [0.1, 0.15) is 6.61 Å². The van der Waals surface area contributed by atoms with Gasteiger partial charge in [0.25, 0.3) is 0 Å². The molecule has 164 valence electrons. The fourth-order valence-corrected chi connectivity index (χ4v) is 3.93. The largest absolute Gasteiger partial charge is 0.382 e. The average molecular weight is 418 g/mol. The van der Waals surface area contributed by atoms with Crippen molar-refractivity contribution in [2.45, 2.75) is 19.4 Å². The molecule has 3 amide bonds. The van der Waals surface area contributed by atoms with Gasteiger partial charge in [-0.05, 0) is 12.0 Å². The van der Waals surface area contributed by atoms with Crippen LogP contribution < -0.4 is 0 Å². The van der Waals surface area contributed by atoms with E-state index in [4.69, 9.17) is 9.47 Å². The summed E-state index contributed by atoms with van der Waals surface area (Å²) in [5, 5.41) is 0. The van der Waals surface area contributed by atoms with Gasteiger partial charge in [-0.25, -0.2) is 0 Å². The van der Waals surface area contributed by atoms with Crippen LogP contribution in [0, 0.1) is 5.92 Å². The molecular weight excluding hydrogens is 386 g/mol. The van der Waals surface area contributed by atoms with Crippen LogP contribution in [0.4, 0.5) is 0 Å². The molecule has 3 rings (SSSR count). The van der Waals surface area contributed by atoms with Crippen molar-refractivity contribution >= 4 is 17.7 Å². The number of ether oxygens (including phenoxy) is 2. The average Bonchev–Trinajstić information content (AvgIpc) is 2.96. The number of carbonyl (C=O) groups excluding carboxylic acids is 3. The van der Waals surface area contributed by atoms with E-state index in [2.05, 4.69) is 0 Å². The highest BCUT2D eigenvalue weighted by atomic mass is 16.5. The molecule has 0 spiro atoms. The highest BCUT2D eigenvalue weighted by Gasteiger charge is 2.37. The zero-order valence-corrected chi connectivity index (χ0v) is 17.6. The Kier molecular flexibility index (Phi) is 8.21. The molecule has 0 aliphatic carbocycles. The number of hydrogen-bond donors (Lipinski definition) is 0. The molecule has 0 saturated carbocycles. The van der Waals surface area contributed by atoms with Crippen LogP contribution in [0.15, 0.2) is 30.3 Å². The first kappa shape index (κ1) is 22.2. The van der Waals surface area contributed by atoms with E-state index in [0.29, 0.717) is 52.5 Å². The number of methoxy groups -OCH3 is 1. The van der Waals surface area contributed by atoms with E-state index in [1.54, 1.807) is 16.9 Å². The summed E-state index contributed by atoms with van der Waals surface area (Å²) in [6, 6.07) is 9.82. The summed E-state index contributed by atoms with van der Waals surface area (Å²) in [5.41, 5.74) is 1.07. The van der Waals surface area contributed by atoms with Crippen molar-refractivity contribution in [2.75, 3.05) is 59.7 Å². The topological polar surface area (TPSA) is 79.4 Å². The maximum absolute atomic E-state index is 13.0. The lowest BCUT2D eigenvalue weighted by Crippen LogP contribution is -2.41. The predicted octanol–water partition coefficient (Wildman–Crippen LogP) is 0.759. The summed E-state index contributed by atoms with van der Waals surface area (Å²) >= 11 is 0. The van der Waals surface area contributed by atoms with Gasteiger partial charge >= 0.3 is 0 Å². The van der Waals surface area contributed by atoms with Crippen LogP contribution in [0.2, 0.25) is 0 Å². The number of likely N-dealkylation sites (tertiary alicyclic amines) is 1. The van der Waals surface area contributed by atoms with Crippen LogP contribution in [0.5, 0.6) is 0 Å². The minimum atomic E-state index is -0.305. The van der Waals surface area contributed by atoms with Crippen molar-refractivity contribution in [2.24, 2.45) is 5.92 Å². The van der Waals surface area contributed by atoms with Crippen molar-refractivity contribution in [3.05, 3.63) is 35.9 Å². The molecule has 1 unspecified atom stereocenters. The van der Waals surface area contributed by atoms with E-state index in [1.165, 1.54) is 0 Å². The second-order valence-electron chi connectivity index (χ2n) is 7.77. The molecule has 30 heavy (non-hydrogen) atoms. The van der Waals surface area contributed by atoms with Gasteiger partial charge in [-0.2, -0.15) is 0 Å². The second-order valence-corrected chi connectivity index (χ2v) is 7.77. The van der Waals surface area contributed by atoms with Crippen molar-refractivity contribution < 1.29 is 23.9 Å². The maximum atomic E-state index is 13.0. The smallest absolute Gasteiger partial charge is 0.248 e. The van der Waals surface area contributed by atoms with Crippen LogP contribution in [-0.4, -0.2) is 92.1 Å². The summed E-state index contributed by atoms with van der Waals surface area (Å²) in [4.78, 5) is 43.1. The first-order valence-electron chi connectivity index (χ1n) is 10.5. The Hall–Kier alpha value is -2.45. The van der Waals surface area contributed by atoms with Gasteiger partial charge in [0, 0.05) is 52.8 Å². The molecule has 0 radical (unpaired) electrons. The maximum Gasteiger partial charge on any atom is 0.248 e. The molecule has 0 N–H and O–H groups in total. The standard InChI is InChI=1S/C22H31N3O5/c1-29-12-13-30-17-21(27)23-8-5-9-24(11-10-23)22(28)19-14-20(26)25(16-19)15-18-6-3-2-4-7-18/h2-4,6-7,19H,5,8-17H2,1H3. The Bertz CT molecular complexity index is 727. The third kappa shape index (κ3) is 6.03. The summed E-state index contributed by atoms with van der Waals surface area (Å²) in [6.45, 7) is 4.07. The van der Waals surface area contributed by atoms with E-state index in [1.807, 2.05) is 35.2 Å². The summed E-state index contributed by atoms with van der Waals surface area (Å²) in [6.07, 6.45) is 0.988. The fraction of sp³-hybridized carbons (Fsp3) is 0.591. The Labute approximate surface area is 177 Å². The Morgan fingerprint density at radius 1 is 1.03 bits per heavy atom. The van der Waals surface area contributed by atoms with Crippen molar-refractivity contribution in [3.8, 4) is 0 Å². The van der Waals surface area contributed by atoms with Gasteiger partial charge in [0.05, 0.1) is 19.1 Å². The number of nitrogens with zero attached hydrogens (tertiary/aromatic N) is 3. The number of amides is 3. The summed E-state index contributed by atoms with van der Waals surface area (Å²) in [5.74, 6) is -0.326. The minimum Gasteiger partial charge on any atom is -0.382 e. The minimum absolute atomic E-state index is 0.0181. The van der Waals surface area contributed by atoms with Crippen LogP contribution in [-0.2, 0) is 30.4 Å². The van der Waals surface area contributed by atoms with Gasteiger partial charge in [0.2, 0.25) is 17.7 Å². The second kappa shape index (κ2) is 11.1. The first-order chi connectivity index (χ1) is 14.6. The molecule has 2 saturated heterocycles.